The lowest BCUT2D eigenvalue weighted by Crippen LogP contribution is -2.31. The zero-order valence-electron chi connectivity index (χ0n) is 12.8. The van der Waals surface area contributed by atoms with Gasteiger partial charge in [0, 0.05) is 12.8 Å². The number of hydrogen-bond donors (Lipinski definition) is 0. The van der Waals surface area contributed by atoms with Crippen molar-refractivity contribution in [2.24, 2.45) is 11.8 Å². The fourth-order valence-corrected chi connectivity index (χ4v) is 2.78. The predicted octanol–water partition coefficient (Wildman–Crippen LogP) is 3.30. The first-order chi connectivity index (χ1) is 10.0. The lowest BCUT2D eigenvalue weighted by molar-refractivity contribution is -0.157. The maximum absolute atomic E-state index is 12.3. The second kappa shape index (κ2) is 6.74. The number of esters is 1. The Balaban J connectivity index is 1.99. The van der Waals surface area contributed by atoms with Crippen LogP contribution in [-0.4, -0.2) is 18.9 Å². The van der Waals surface area contributed by atoms with Gasteiger partial charge in [-0.3, -0.25) is 9.59 Å². The SMILES string of the molecule is COc1cccc([C@H](C)OC(=O)[C@H]2CCC(=O)C[C@H]2C)c1. The van der Waals surface area contributed by atoms with Gasteiger partial charge >= 0.3 is 5.97 Å². The van der Waals surface area contributed by atoms with E-state index in [0.717, 1.165) is 11.3 Å². The van der Waals surface area contributed by atoms with Gasteiger partial charge < -0.3 is 9.47 Å². The van der Waals surface area contributed by atoms with Gasteiger partial charge in [0.25, 0.3) is 0 Å². The number of ether oxygens (including phenoxy) is 2. The molecule has 1 aromatic carbocycles. The third kappa shape index (κ3) is 3.84. The topological polar surface area (TPSA) is 52.6 Å². The summed E-state index contributed by atoms with van der Waals surface area (Å²) < 4.78 is 10.8. The highest BCUT2D eigenvalue weighted by Crippen LogP contribution is 2.31. The largest absolute Gasteiger partial charge is 0.497 e. The molecule has 1 aliphatic carbocycles. The van der Waals surface area contributed by atoms with Crippen LogP contribution in [0, 0.1) is 11.8 Å². The van der Waals surface area contributed by atoms with Crippen LogP contribution in [0.3, 0.4) is 0 Å². The van der Waals surface area contributed by atoms with Gasteiger partial charge in [0.2, 0.25) is 0 Å². The van der Waals surface area contributed by atoms with Crippen LogP contribution in [0.25, 0.3) is 0 Å². The zero-order valence-corrected chi connectivity index (χ0v) is 12.8. The first-order valence-electron chi connectivity index (χ1n) is 7.37. The standard InChI is InChI=1S/C17H22O4/c1-11-9-14(18)7-8-16(11)17(19)21-12(2)13-5-4-6-15(10-13)20-3/h4-6,10-12,16H,7-9H2,1-3H3/t11-,12+,16+/m1/s1. The maximum Gasteiger partial charge on any atom is 0.309 e. The van der Waals surface area contributed by atoms with Gasteiger partial charge in [-0.1, -0.05) is 19.1 Å². The minimum Gasteiger partial charge on any atom is -0.497 e. The van der Waals surface area contributed by atoms with E-state index in [9.17, 15) is 9.59 Å². The lowest BCUT2D eigenvalue weighted by atomic mass is 9.80. The number of carbonyl (C=O) groups excluding carboxylic acids is 2. The van der Waals surface area contributed by atoms with Crippen molar-refractivity contribution in [3.05, 3.63) is 29.8 Å². The van der Waals surface area contributed by atoms with Gasteiger partial charge in [0.15, 0.2) is 0 Å². The Kier molecular flexibility index (Phi) is 4.99. The Morgan fingerprint density at radius 3 is 2.81 bits per heavy atom. The van der Waals surface area contributed by atoms with Crippen molar-refractivity contribution in [3.63, 3.8) is 0 Å². The van der Waals surface area contributed by atoms with Crippen LogP contribution < -0.4 is 4.74 Å². The number of hydrogen-bond acceptors (Lipinski definition) is 4. The second-order valence-corrected chi connectivity index (χ2v) is 5.72. The Hall–Kier alpha value is -1.84. The van der Waals surface area contributed by atoms with Crippen LogP contribution in [0.5, 0.6) is 5.75 Å². The van der Waals surface area contributed by atoms with Gasteiger partial charge in [-0.25, -0.2) is 0 Å². The van der Waals surface area contributed by atoms with Gasteiger partial charge in [-0.2, -0.15) is 0 Å². The van der Waals surface area contributed by atoms with Crippen molar-refractivity contribution in [1.82, 2.24) is 0 Å². The highest BCUT2D eigenvalue weighted by atomic mass is 16.5. The van der Waals surface area contributed by atoms with E-state index in [1.54, 1.807) is 7.11 Å². The third-order valence-electron chi connectivity index (χ3n) is 4.13. The van der Waals surface area contributed by atoms with Gasteiger partial charge in [0.05, 0.1) is 13.0 Å². The highest BCUT2D eigenvalue weighted by molar-refractivity contribution is 5.83. The molecule has 3 atom stereocenters. The molecule has 1 aliphatic rings. The summed E-state index contributed by atoms with van der Waals surface area (Å²) in [6.07, 6.45) is 1.24. The Labute approximate surface area is 125 Å². The molecule has 0 aromatic heterocycles. The van der Waals surface area contributed by atoms with E-state index in [1.807, 2.05) is 38.1 Å². The van der Waals surface area contributed by atoms with Gasteiger partial charge in [-0.15, -0.1) is 0 Å². The second-order valence-electron chi connectivity index (χ2n) is 5.72. The van der Waals surface area contributed by atoms with Crippen molar-refractivity contribution in [2.75, 3.05) is 7.11 Å². The molecule has 1 fully saturated rings. The fraction of sp³-hybridized carbons (Fsp3) is 0.529. The first kappa shape index (κ1) is 15.5. The first-order valence-corrected chi connectivity index (χ1v) is 7.37. The summed E-state index contributed by atoms with van der Waals surface area (Å²) in [5.74, 6) is 0.678. The van der Waals surface area contributed by atoms with Crippen LogP contribution in [-0.2, 0) is 14.3 Å². The molecule has 0 N–H and O–H groups in total. The van der Waals surface area contributed by atoms with E-state index in [1.165, 1.54) is 0 Å². The van der Waals surface area contributed by atoms with E-state index in [2.05, 4.69) is 0 Å². The summed E-state index contributed by atoms with van der Waals surface area (Å²) in [4.78, 5) is 23.7. The molecule has 0 aliphatic heterocycles. The summed E-state index contributed by atoms with van der Waals surface area (Å²) in [6, 6.07) is 7.51. The molecule has 0 unspecified atom stereocenters. The maximum atomic E-state index is 12.3. The molecular weight excluding hydrogens is 268 g/mol. The molecule has 4 heteroatoms. The van der Waals surface area contributed by atoms with E-state index in [-0.39, 0.29) is 29.7 Å². The average Bonchev–Trinajstić information content (AvgIpc) is 2.47. The van der Waals surface area contributed by atoms with Crippen LogP contribution in [0.1, 0.15) is 44.8 Å². The van der Waals surface area contributed by atoms with Crippen LogP contribution >= 0.6 is 0 Å². The Morgan fingerprint density at radius 1 is 1.38 bits per heavy atom. The molecule has 1 saturated carbocycles. The molecule has 0 radical (unpaired) electrons. The summed E-state index contributed by atoms with van der Waals surface area (Å²) in [5.41, 5.74) is 0.905. The van der Waals surface area contributed by atoms with Crippen molar-refractivity contribution in [2.45, 2.75) is 39.2 Å². The molecule has 1 aromatic rings. The molecular formula is C17H22O4. The lowest BCUT2D eigenvalue weighted by Gasteiger charge is -2.27. The number of benzene rings is 1. The molecule has 4 nitrogen and oxygen atoms in total. The number of carbonyl (C=O) groups is 2. The fourth-order valence-electron chi connectivity index (χ4n) is 2.78. The monoisotopic (exact) mass is 290 g/mol. The normalized spacial score (nSPS) is 23.5. The molecule has 0 spiro atoms. The van der Waals surface area contributed by atoms with Gasteiger partial charge in [-0.05, 0) is 37.0 Å². The minimum absolute atomic E-state index is 0.0660. The molecule has 0 bridgehead atoms. The highest BCUT2D eigenvalue weighted by Gasteiger charge is 2.33. The quantitative estimate of drug-likeness (QED) is 0.798. The summed E-state index contributed by atoms with van der Waals surface area (Å²) in [5, 5.41) is 0. The predicted molar refractivity (Wildman–Crippen MR) is 79.0 cm³/mol. The summed E-state index contributed by atoms with van der Waals surface area (Å²) >= 11 is 0. The van der Waals surface area contributed by atoms with Crippen molar-refractivity contribution < 1.29 is 19.1 Å². The van der Waals surface area contributed by atoms with Crippen LogP contribution in [0.15, 0.2) is 24.3 Å². The number of methoxy groups -OCH3 is 1. The van der Waals surface area contributed by atoms with Crippen LogP contribution in [0.2, 0.25) is 0 Å². The minimum atomic E-state index is -0.322. The van der Waals surface area contributed by atoms with Gasteiger partial charge in [0.1, 0.15) is 17.6 Å². The van der Waals surface area contributed by atoms with E-state index < -0.39 is 0 Å². The number of rotatable bonds is 4. The average molecular weight is 290 g/mol. The molecule has 2 rings (SSSR count). The summed E-state index contributed by atoms with van der Waals surface area (Å²) in [6.45, 7) is 3.80. The molecule has 0 saturated heterocycles. The van der Waals surface area contributed by atoms with E-state index in [0.29, 0.717) is 19.3 Å². The van der Waals surface area contributed by atoms with E-state index in [4.69, 9.17) is 9.47 Å². The molecule has 21 heavy (non-hydrogen) atoms. The number of ketones is 1. The van der Waals surface area contributed by atoms with Crippen LogP contribution in [0.4, 0.5) is 0 Å². The van der Waals surface area contributed by atoms with Crippen molar-refractivity contribution in [3.8, 4) is 5.75 Å². The Morgan fingerprint density at radius 2 is 2.14 bits per heavy atom. The Bertz CT molecular complexity index is 523. The van der Waals surface area contributed by atoms with E-state index >= 15 is 0 Å². The zero-order chi connectivity index (χ0) is 15.4. The molecule has 0 amide bonds. The smallest absolute Gasteiger partial charge is 0.309 e. The van der Waals surface area contributed by atoms with Crippen molar-refractivity contribution >= 4 is 11.8 Å². The molecule has 0 heterocycles. The van der Waals surface area contributed by atoms with Crippen molar-refractivity contribution in [1.29, 1.82) is 0 Å². The molecule has 114 valence electrons. The number of Topliss-reactive ketones (excluding diaryl/α,β-unsaturated/α-hetero) is 1. The third-order valence-corrected chi connectivity index (χ3v) is 4.13. The summed E-state index contributed by atoms with van der Waals surface area (Å²) in [7, 11) is 1.61.